The van der Waals surface area contributed by atoms with E-state index >= 15 is 0 Å². The number of aromatic nitrogens is 2. The first kappa shape index (κ1) is 11.3. The molecule has 16 heavy (non-hydrogen) atoms. The lowest BCUT2D eigenvalue weighted by molar-refractivity contribution is 0.0621. The lowest BCUT2D eigenvalue weighted by Crippen LogP contribution is -2.31. The Morgan fingerprint density at radius 1 is 1.31 bits per heavy atom. The van der Waals surface area contributed by atoms with Gasteiger partial charge in [0.1, 0.15) is 0 Å². The number of anilines is 1. The van der Waals surface area contributed by atoms with Gasteiger partial charge in [-0.2, -0.15) is 0 Å². The molecule has 4 nitrogen and oxygen atoms in total. The van der Waals surface area contributed by atoms with Gasteiger partial charge in [-0.1, -0.05) is 0 Å². The molecule has 2 rings (SSSR count). The molecule has 1 aromatic heterocycles. The predicted molar refractivity (Wildman–Crippen MR) is 63.4 cm³/mol. The second kappa shape index (κ2) is 5.25. The molecule has 0 aliphatic carbocycles. The van der Waals surface area contributed by atoms with Crippen molar-refractivity contribution in [1.82, 2.24) is 9.97 Å². The van der Waals surface area contributed by atoms with E-state index in [9.17, 15) is 0 Å². The minimum Gasteiger partial charge on any atom is -0.381 e. The number of aryl methyl sites for hydroxylation is 1. The summed E-state index contributed by atoms with van der Waals surface area (Å²) < 4.78 is 5.36. The van der Waals surface area contributed by atoms with Crippen molar-refractivity contribution in [2.24, 2.45) is 5.92 Å². The minimum atomic E-state index is 0.409. The SMILES string of the molecule is Cc1cnc(NC(C)C2CCOCC2)nc1. The molecule has 0 radical (unpaired) electrons. The highest BCUT2D eigenvalue weighted by Gasteiger charge is 2.20. The van der Waals surface area contributed by atoms with Crippen LogP contribution in [0.5, 0.6) is 0 Å². The van der Waals surface area contributed by atoms with Gasteiger partial charge >= 0.3 is 0 Å². The van der Waals surface area contributed by atoms with E-state index in [0.29, 0.717) is 12.0 Å². The minimum absolute atomic E-state index is 0.409. The summed E-state index contributed by atoms with van der Waals surface area (Å²) in [5.74, 6) is 1.39. The lowest BCUT2D eigenvalue weighted by Gasteiger charge is -2.28. The Bertz CT molecular complexity index is 320. The normalized spacial score (nSPS) is 19.4. The van der Waals surface area contributed by atoms with Gasteiger partial charge in [0.15, 0.2) is 0 Å². The number of nitrogens with zero attached hydrogens (tertiary/aromatic N) is 2. The topological polar surface area (TPSA) is 47.0 Å². The van der Waals surface area contributed by atoms with Crippen LogP contribution in [-0.4, -0.2) is 29.2 Å². The summed E-state index contributed by atoms with van der Waals surface area (Å²) in [6.07, 6.45) is 5.93. The molecule has 88 valence electrons. The molecule has 1 aromatic rings. The van der Waals surface area contributed by atoms with E-state index in [-0.39, 0.29) is 0 Å². The fourth-order valence-electron chi connectivity index (χ4n) is 2.00. The standard InChI is InChI=1S/C12H19N3O/c1-9-7-13-12(14-8-9)15-10(2)11-3-5-16-6-4-11/h7-8,10-11H,3-6H2,1-2H3,(H,13,14,15). The van der Waals surface area contributed by atoms with Gasteiger partial charge in [-0.15, -0.1) is 0 Å². The van der Waals surface area contributed by atoms with Crippen LogP contribution in [0.25, 0.3) is 0 Å². The van der Waals surface area contributed by atoms with Crippen LogP contribution in [0.1, 0.15) is 25.3 Å². The van der Waals surface area contributed by atoms with Gasteiger partial charge in [0.25, 0.3) is 0 Å². The maximum absolute atomic E-state index is 5.36. The molecule has 2 heterocycles. The van der Waals surface area contributed by atoms with Gasteiger partial charge in [-0.3, -0.25) is 0 Å². The molecule has 0 aromatic carbocycles. The second-order valence-electron chi connectivity index (χ2n) is 4.47. The zero-order chi connectivity index (χ0) is 11.4. The van der Waals surface area contributed by atoms with Crippen molar-refractivity contribution in [2.75, 3.05) is 18.5 Å². The summed E-state index contributed by atoms with van der Waals surface area (Å²) in [4.78, 5) is 8.52. The van der Waals surface area contributed by atoms with Crippen molar-refractivity contribution in [2.45, 2.75) is 32.7 Å². The summed E-state index contributed by atoms with van der Waals surface area (Å²) >= 11 is 0. The Kier molecular flexibility index (Phi) is 3.72. The molecule has 1 atom stereocenters. The monoisotopic (exact) mass is 221 g/mol. The molecule has 0 bridgehead atoms. The average molecular weight is 221 g/mol. The van der Waals surface area contributed by atoms with E-state index in [1.807, 2.05) is 19.3 Å². The molecule has 1 unspecified atom stereocenters. The summed E-state index contributed by atoms with van der Waals surface area (Å²) in [7, 11) is 0. The van der Waals surface area contributed by atoms with Gasteiger partial charge in [0, 0.05) is 31.6 Å². The smallest absolute Gasteiger partial charge is 0.222 e. The van der Waals surface area contributed by atoms with E-state index in [1.165, 1.54) is 0 Å². The second-order valence-corrected chi connectivity index (χ2v) is 4.47. The molecule has 0 amide bonds. The highest BCUT2D eigenvalue weighted by atomic mass is 16.5. The number of hydrogen-bond donors (Lipinski definition) is 1. The van der Waals surface area contributed by atoms with Gasteiger partial charge in [0.2, 0.25) is 5.95 Å². The average Bonchev–Trinajstić information content (AvgIpc) is 2.33. The molecule has 0 saturated carbocycles. The Labute approximate surface area is 96.4 Å². The van der Waals surface area contributed by atoms with Crippen molar-refractivity contribution in [3.8, 4) is 0 Å². The van der Waals surface area contributed by atoms with Crippen LogP contribution >= 0.6 is 0 Å². The van der Waals surface area contributed by atoms with Crippen LogP contribution in [-0.2, 0) is 4.74 Å². The van der Waals surface area contributed by atoms with Crippen molar-refractivity contribution in [3.05, 3.63) is 18.0 Å². The third kappa shape index (κ3) is 2.92. The number of rotatable bonds is 3. The van der Waals surface area contributed by atoms with Crippen molar-refractivity contribution >= 4 is 5.95 Å². The van der Waals surface area contributed by atoms with Crippen LogP contribution < -0.4 is 5.32 Å². The van der Waals surface area contributed by atoms with Crippen molar-refractivity contribution in [3.63, 3.8) is 0 Å². The maximum Gasteiger partial charge on any atom is 0.222 e. The number of hydrogen-bond acceptors (Lipinski definition) is 4. The number of nitrogens with one attached hydrogen (secondary N) is 1. The molecule has 1 N–H and O–H groups in total. The van der Waals surface area contributed by atoms with Crippen LogP contribution in [0.4, 0.5) is 5.95 Å². The number of ether oxygens (including phenoxy) is 1. The maximum atomic E-state index is 5.36. The van der Waals surface area contributed by atoms with E-state index < -0.39 is 0 Å². The summed E-state index contributed by atoms with van der Waals surface area (Å²) in [5.41, 5.74) is 1.09. The molecule has 0 spiro atoms. The van der Waals surface area contributed by atoms with E-state index in [0.717, 1.165) is 37.6 Å². The van der Waals surface area contributed by atoms with Crippen molar-refractivity contribution < 1.29 is 4.74 Å². The first-order valence-electron chi connectivity index (χ1n) is 5.88. The fraction of sp³-hybridized carbons (Fsp3) is 0.667. The quantitative estimate of drug-likeness (QED) is 0.848. The van der Waals surface area contributed by atoms with Crippen molar-refractivity contribution in [1.29, 1.82) is 0 Å². The Balaban J connectivity index is 1.90. The molecular weight excluding hydrogens is 202 g/mol. The predicted octanol–water partition coefficient (Wildman–Crippen LogP) is 2.01. The van der Waals surface area contributed by atoms with Gasteiger partial charge in [0.05, 0.1) is 0 Å². The molecule has 1 aliphatic heterocycles. The highest BCUT2D eigenvalue weighted by molar-refractivity contribution is 5.26. The molecular formula is C12H19N3O. The molecule has 1 fully saturated rings. The van der Waals surface area contributed by atoms with Crippen LogP contribution in [0, 0.1) is 12.8 Å². The first-order valence-corrected chi connectivity index (χ1v) is 5.88. The van der Waals surface area contributed by atoms with Crippen LogP contribution in [0.15, 0.2) is 12.4 Å². The summed E-state index contributed by atoms with van der Waals surface area (Å²) in [5, 5.41) is 3.36. The van der Waals surface area contributed by atoms with E-state index in [2.05, 4.69) is 22.2 Å². The molecule has 1 saturated heterocycles. The van der Waals surface area contributed by atoms with Gasteiger partial charge < -0.3 is 10.1 Å². The molecule has 1 aliphatic rings. The highest BCUT2D eigenvalue weighted by Crippen LogP contribution is 2.20. The van der Waals surface area contributed by atoms with Gasteiger partial charge in [-0.25, -0.2) is 9.97 Å². The summed E-state index contributed by atoms with van der Waals surface area (Å²) in [6, 6.07) is 0.409. The van der Waals surface area contributed by atoms with Crippen LogP contribution in [0.3, 0.4) is 0 Å². The van der Waals surface area contributed by atoms with E-state index in [4.69, 9.17) is 4.74 Å². The summed E-state index contributed by atoms with van der Waals surface area (Å²) in [6.45, 7) is 5.95. The van der Waals surface area contributed by atoms with Gasteiger partial charge in [-0.05, 0) is 38.2 Å². The Hall–Kier alpha value is -1.16. The van der Waals surface area contributed by atoms with E-state index in [1.54, 1.807) is 0 Å². The third-order valence-corrected chi connectivity index (χ3v) is 3.11. The zero-order valence-corrected chi connectivity index (χ0v) is 9.94. The zero-order valence-electron chi connectivity index (χ0n) is 9.94. The largest absolute Gasteiger partial charge is 0.381 e. The van der Waals surface area contributed by atoms with Crippen LogP contribution in [0.2, 0.25) is 0 Å². The first-order chi connectivity index (χ1) is 7.75. The fourth-order valence-corrected chi connectivity index (χ4v) is 2.00. The Morgan fingerprint density at radius 3 is 2.56 bits per heavy atom. The Morgan fingerprint density at radius 2 is 1.94 bits per heavy atom. The molecule has 4 heteroatoms. The third-order valence-electron chi connectivity index (χ3n) is 3.11. The lowest BCUT2D eigenvalue weighted by atomic mass is 9.93.